The van der Waals surface area contributed by atoms with Crippen molar-refractivity contribution in [2.24, 2.45) is 10.3 Å². The van der Waals surface area contributed by atoms with Gasteiger partial charge in [-0.25, -0.2) is 71.4 Å². The predicted molar refractivity (Wildman–Crippen MR) is 512 cm³/mol. The van der Waals surface area contributed by atoms with Gasteiger partial charge in [0.2, 0.25) is 47.3 Å². The normalized spacial score (nSPS) is 18.6. The molecule has 0 radical (unpaired) electrons. The van der Waals surface area contributed by atoms with Crippen molar-refractivity contribution >= 4 is 179 Å². The van der Waals surface area contributed by atoms with E-state index in [1.807, 2.05) is 0 Å². The van der Waals surface area contributed by atoms with Gasteiger partial charge in [0.05, 0.1) is 36.0 Å². The first-order valence-electron chi connectivity index (χ1n) is 43.9. The standard InChI is InChI=1S/2C22H21ClF4N4O4S.2C22H24ClF2N5O5S2/c2*23-16-4-2-1-3-15(16)20(21(33)29-13-10-22(26,27)11-13)31(14-5-6-17(24)18(25)9-14)19(32)12-28-36(34,35)30-7-8-30;2*23-18-7-2-1-6-17(18)20(21(32)28-14-11-22(24,25)12-14)30(15-4-3-5-16(10-15)36(26)33)19(31)13-27-37(34,35)29-8-9-29/h2*1-6,9,13,20,28H,7-8,10-12H2,(H,29,33);2*1-7,10,14,20,27H,8-9,11-13,26H2,(H,28,32)/t20-;;2*20-,36?/m0.10/s1. The number of nitrogens with two attached hydrogens (primary N) is 2. The summed E-state index contributed by atoms with van der Waals surface area (Å²) >= 11 is 25.4. The highest BCUT2D eigenvalue weighted by molar-refractivity contribution is 7.88. The third-order valence-corrected chi connectivity index (χ3v) is 32.3. The number of anilines is 4. The summed E-state index contributed by atoms with van der Waals surface area (Å²) in [4.78, 5) is 111. The van der Waals surface area contributed by atoms with E-state index in [2.05, 4.69) is 40.2 Å². The van der Waals surface area contributed by atoms with Gasteiger partial charge in [-0.05, 0) is 84.9 Å². The molecule has 16 rings (SSSR count). The van der Waals surface area contributed by atoms with E-state index in [0.29, 0.717) is 38.3 Å². The Morgan fingerprint density at radius 3 is 0.705 bits per heavy atom. The van der Waals surface area contributed by atoms with Gasteiger partial charge in [0.1, 0.15) is 46.1 Å². The van der Waals surface area contributed by atoms with Crippen LogP contribution < -0.4 is 70.0 Å². The van der Waals surface area contributed by atoms with Crippen LogP contribution in [0.1, 0.15) is 97.8 Å². The maximum absolute atomic E-state index is 14.2. The molecule has 8 aliphatic rings. The SMILES string of the molecule is NS(=O)c1cccc(N(C(=O)CNS(=O)(=O)N2CC2)[C@@H](C(=O)NC2CC(F)(F)C2)c2ccccc2Cl)c1.NS(=O)c1cccc(N(C(=O)CNS(=O)(=O)N2CC2)[C@H](C(=O)NC2CC(F)(F)C2)c2ccccc2Cl)c1.O=C(NC1CC(F)(F)C1)C(c1ccccc1Cl)N(C(=O)CNS(=O)(=O)N1CC1)c1ccc(F)c(F)c1.O=C(NC1CC(F)(F)C1)[C@H](c1ccccc1Cl)N(C(=O)CNS(=O)(=O)N1CC1)c1ccc(F)c(F)c1. The molecule has 4 saturated carbocycles. The first-order chi connectivity index (χ1) is 68.5. The lowest BCUT2D eigenvalue weighted by Crippen LogP contribution is -2.55. The third-order valence-electron chi connectivity index (χ3n) is 23.3. The molecular weight excluding hydrogens is 2160 g/mol. The van der Waals surface area contributed by atoms with Gasteiger partial charge in [0, 0.05) is 205 Å². The molecule has 12 N–H and O–H groups in total. The molecule has 6 atom stereocenters. The molecule has 3 unspecified atom stereocenters. The fourth-order valence-corrected chi connectivity index (χ4v) is 21.6. The van der Waals surface area contributed by atoms with Crippen molar-refractivity contribution in [3.63, 3.8) is 0 Å². The van der Waals surface area contributed by atoms with E-state index in [4.69, 9.17) is 56.7 Å². The van der Waals surface area contributed by atoms with E-state index >= 15 is 0 Å². The van der Waals surface area contributed by atoms with E-state index in [0.717, 1.165) is 61.1 Å². The monoisotopic (exact) mass is 2250 g/mol. The van der Waals surface area contributed by atoms with Crippen molar-refractivity contribution < 1.29 is 133 Å². The minimum atomic E-state index is -3.97. The largest absolute Gasteiger partial charge is 0.351 e. The number of carbonyl (C=O) groups is 8. The van der Waals surface area contributed by atoms with Gasteiger partial charge in [-0.2, -0.15) is 69.8 Å². The Labute approximate surface area is 853 Å². The summed E-state index contributed by atoms with van der Waals surface area (Å²) < 4.78 is 298. The van der Waals surface area contributed by atoms with Gasteiger partial charge in [0.15, 0.2) is 23.3 Å². The maximum Gasteiger partial charge on any atom is 0.280 e. The van der Waals surface area contributed by atoms with Crippen LogP contribution in [0.4, 0.5) is 75.4 Å². The Balaban J connectivity index is 0.000000163. The molecule has 8 aromatic rings. The van der Waals surface area contributed by atoms with E-state index in [1.165, 1.54) is 109 Å². The lowest BCUT2D eigenvalue weighted by atomic mass is 9.87. The Kier molecular flexibility index (Phi) is 35.8. The zero-order valence-electron chi connectivity index (χ0n) is 75.7. The summed E-state index contributed by atoms with van der Waals surface area (Å²) in [6.45, 7) is -0.748. The lowest BCUT2D eigenvalue weighted by molar-refractivity contribution is -0.133. The topological polar surface area (TPSA) is 481 Å². The Morgan fingerprint density at radius 2 is 0.521 bits per heavy atom. The molecular formula is C88H90Cl4F12N18O18S6. The highest BCUT2D eigenvalue weighted by Crippen LogP contribution is 2.45. The summed E-state index contributed by atoms with van der Waals surface area (Å²) in [6.07, 6.45) is -4.66. The van der Waals surface area contributed by atoms with E-state index < -0.39 is 283 Å². The van der Waals surface area contributed by atoms with Crippen LogP contribution in [0.3, 0.4) is 0 Å². The highest BCUT2D eigenvalue weighted by Gasteiger charge is 2.53. The fraction of sp³-hybridized carbons (Fsp3) is 0.364. The van der Waals surface area contributed by atoms with Crippen LogP contribution >= 0.6 is 46.4 Å². The third kappa shape index (κ3) is 29.2. The molecule has 8 fully saturated rings. The molecule has 36 nitrogen and oxygen atoms in total. The number of nitrogens with one attached hydrogen (secondary N) is 8. The quantitative estimate of drug-likeness (QED) is 0.0128. The summed E-state index contributed by atoms with van der Waals surface area (Å²) in [5.74, 6) is -23.9. The molecule has 4 heterocycles. The number of benzene rings is 8. The van der Waals surface area contributed by atoms with Crippen LogP contribution in [0, 0.1) is 23.3 Å². The molecule has 58 heteroatoms. The van der Waals surface area contributed by atoms with E-state index in [1.54, 1.807) is 36.4 Å². The van der Waals surface area contributed by atoms with Crippen LogP contribution in [0.25, 0.3) is 0 Å². The lowest BCUT2D eigenvalue weighted by Gasteiger charge is -2.38. The molecule has 4 saturated heterocycles. The molecule has 0 aromatic heterocycles. The molecule has 8 amide bonds. The molecule has 788 valence electrons. The average molecular weight is 2250 g/mol. The van der Waals surface area contributed by atoms with Crippen molar-refractivity contribution in [2.45, 2.75) is 133 Å². The number of rotatable bonds is 38. The van der Waals surface area contributed by atoms with Gasteiger partial charge in [-0.15, -0.1) is 0 Å². The Bertz CT molecular complexity index is 6440. The number of nitrogens with zero attached hydrogens (tertiary/aromatic N) is 8. The van der Waals surface area contributed by atoms with Crippen LogP contribution in [0.5, 0.6) is 0 Å². The van der Waals surface area contributed by atoms with Gasteiger partial charge in [-0.1, -0.05) is 131 Å². The van der Waals surface area contributed by atoms with Gasteiger partial charge < -0.3 is 21.3 Å². The maximum atomic E-state index is 14.2. The number of hydrogen-bond acceptors (Lipinski definition) is 18. The minimum absolute atomic E-state index is 0.0293. The van der Waals surface area contributed by atoms with Crippen molar-refractivity contribution in [1.29, 1.82) is 0 Å². The number of amides is 8. The highest BCUT2D eigenvalue weighted by atomic mass is 35.5. The van der Waals surface area contributed by atoms with Crippen molar-refractivity contribution in [3.8, 4) is 0 Å². The number of alkyl halides is 8. The van der Waals surface area contributed by atoms with Gasteiger partial charge >= 0.3 is 0 Å². The Hall–Kier alpha value is -10.5. The summed E-state index contributed by atoms with van der Waals surface area (Å²) in [5, 5.41) is 21.3. The molecule has 0 bridgehead atoms. The smallest absolute Gasteiger partial charge is 0.280 e. The molecule has 0 spiro atoms. The zero-order valence-corrected chi connectivity index (χ0v) is 83.6. The fourth-order valence-electron chi connectivity index (χ4n) is 15.5. The van der Waals surface area contributed by atoms with Gasteiger partial charge in [-0.3, -0.25) is 58.0 Å². The molecule has 4 aliphatic carbocycles. The van der Waals surface area contributed by atoms with Crippen LogP contribution in [0.2, 0.25) is 20.1 Å². The van der Waals surface area contributed by atoms with E-state index in [-0.39, 0.29) is 101 Å². The van der Waals surface area contributed by atoms with Gasteiger partial charge in [0.25, 0.3) is 64.5 Å². The van der Waals surface area contributed by atoms with Crippen molar-refractivity contribution in [3.05, 3.63) is 248 Å². The van der Waals surface area contributed by atoms with Crippen molar-refractivity contribution in [1.82, 2.24) is 57.4 Å². The second-order valence-corrected chi connectivity index (χ2v) is 45.1. The second kappa shape index (κ2) is 46.3. The predicted octanol–water partition coefficient (Wildman–Crippen LogP) is 8.43. The summed E-state index contributed by atoms with van der Waals surface area (Å²) in [5.41, 5.74) is 0.0813. The molecule has 146 heavy (non-hydrogen) atoms. The summed E-state index contributed by atoms with van der Waals surface area (Å²) in [7, 11) is -19.6. The average Bonchev–Trinajstić information content (AvgIpc) is 1.71. The number of halogens is 16. The Morgan fingerprint density at radius 1 is 0.315 bits per heavy atom. The second-order valence-electron chi connectivity index (χ2n) is 34.3. The van der Waals surface area contributed by atoms with Crippen LogP contribution in [-0.4, -0.2) is 233 Å². The van der Waals surface area contributed by atoms with Crippen LogP contribution in [-0.2, 0) is 101 Å². The number of hydrogen-bond donors (Lipinski definition) is 10. The van der Waals surface area contributed by atoms with Crippen molar-refractivity contribution in [2.75, 3.05) is 98.1 Å². The zero-order chi connectivity index (χ0) is 106. The molecule has 4 aliphatic heterocycles. The molecule has 8 aromatic carbocycles. The van der Waals surface area contributed by atoms with E-state index in [9.17, 15) is 133 Å². The summed E-state index contributed by atoms with van der Waals surface area (Å²) in [6, 6.07) is 30.8. The first kappa shape index (κ1) is 113. The minimum Gasteiger partial charge on any atom is -0.351 e. The van der Waals surface area contributed by atoms with Crippen LogP contribution in [0.15, 0.2) is 192 Å². The first-order valence-corrected chi connectivity index (χ1v) is 53.6. The number of carbonyl (C=O) groups excluding carboxylic acids is 8.